The van der Waals surface area contributed by atoms with Crippen LogP contribution in [0, 0.1) is 5.92 Å². The molecule has 0 saturated carbocycles. The van der Waals surface area contributed by atoms with Gasteiger partial charge in [0, 0.05) is 50.4 Å². The SMILES string of the molecule is CCCC(=O)NC(=S)Nc1ccc(N2CCN(C(=O)CC(C)C)CC2)cc1. The quantitative estimate of drug-likeness (QED) is 0.731. The first-order valence-electron chi connectivity index (χ1n) is 9.62. The number of benzene rings is 1. The molecule has 1 aromatic carbocycles. The smallest absolute Gasteiger partial charge is 0.226 e. The molecule has 0 unspecified atom stereocenters. The van der Waals surface area contributed by atoms with Crippen LogP contribution in [0.1, 0.15) is 40.0 Å². The summed E-state index contributed by atoms with van der Waals surface area (Å²) in [5.41, 5.74) is 1.96. The second-order valence-electron chi connectivity index (χ2n) is 7.26. The van der Waals surface area contributed by atoms with Crippen LogP contribution in [0.4, 0.5) is 11.4 Å². The largest absolute Gasteiger partial charge is 0.368 e. The Morgan fingerprint density at radius 1 is 1.11 bits per heavy atom. The Hall–Kier alpha value is -2.15. The van der Waals surface area contributed by atoms with E-state index >= 15 is 0 Å². The third-order valence-corrected chi connectivity index (χ3v) is 4.64. The van der Waals surface area contributed by atoms with Crippen molar-refractivity contribution in [2.45, 2.75) is 40.0 Å². The van der Waals surface area contributed by atoms with E-state index in [4.69, 9.17) is 12.2 Å². The van der Waals surface area contributed by atoms with Crippen LogP contribution < -0.4 is 15.5 Å². The lowest BCUT2D eigenvalue weighted by Crippen LogP contribution is -2.49. The minimum atomic E-state index is -0.0727. The lowest BCUT2D eigenvalue weighted by atomic mass is 10.1. The Labute approximate surface area is 167 Å². The van der Waals surface area contributed by atoms with Crippen molar-refractivity contribution in [2.75, 3.05) is 36.4 Å². The fraction of sp³-hybridized carbons (Fsp3) is 0.550. The van der Waals surface area contributed by atoms with Crippen molar-refractivity contribution in [1.29, 1.82) is 0 Å². The van der Waals surface area contributed by atoms with Gasteiger partial charge in [-0.2, -0.15) is 0 Å². The topological polar surface area (TPSA) is 64.7 Å². The van der Waals surface area contributed by atoms with Crippen molar-refractivity contribution in [3.63, 3.8) is 0 Å². The molecule has 0 radical (unpaired) electrons. The molecule has 1 aliphatic heterocycles. The van der Waals surface area contributed by atoms with E-state index in [1.165, 1.54) is 0 Å². The first kappa shape index (κ1) is 21.2. The minimum Gasteiger partial charge on any atom is -0.368 e. The van der Waals surface area contributed by atoms with Crippen molar-refractivity contribution in [1.82, 2.24) is 10.2 Å². The highest BCUT2D eigenvalue weighted by atomic mass is 32.1. The number of thiocarbonyl (C=S) groups is 1. The Morgan fingerprint density at radius 3 is 2.30 bits per heavy atom. The first-order valence-corrected chi connectivity index (χ1v) is 10.0. The van der Waals surface area contributed by atoms with E-state index in [1.54, 1.807) is 0 Å². The van der Waals surface area contributed by atoms with Crippen LogP contribution >= 0.6 is 12.2 Å². The second-order valence-corrected chi connectivity index (χ2v) is 7.67. The molecular weight excluding hydrogens is 360 g/mol. The maximum Gasteiger partial charge on any atom is 0.226 e. The highest BCUT2D eigenvalue weighted by molar-refractivity contribution is 7.80. The Morgan fingerprint density at radius 2 is 1.74 bits per heavy atom. The van der Waals surface area contributed by atoms with E-state index in [9.17, 15) is 9.59 Å². The number of piperazine rings is 1. The zero-order chi connectivity index (χ0) is 19.8. The van der Waals surface area contributed by atoms with Crippen molar-refractivity contribution in [2.24, 2.45) is 5.92 Å². The molecule has 1 heterocycles. The third-order valence-electron chi connectivity index (χ3n) is 4.44. The van der Waals surface area contributed by atoms with Gasteiger partial charge in [0.25, 0.3) is 0 Å². The van der Waals surface area contributed by atoms with Crippen molar-refractivity contribution in [3.05, 3.63) is 24.3 Å². The average molecular weight is 391 g/mol. The number of amides is 2. The van der Waals surface area contributed by atoms with Crippen LogP contribution in [0.3, 0.4) is 0 Å². The summed E-state index contributed by atoms with van der Waals surface area (Å²) in [7, 11) is 0. The predicted octanol–water partition coefficient (Wildman–Crippen LogP) is 2.99. The van der Waals surface area contributed by atoms with E-state index in [1.807, 2.05) is 36.1 Å². The molecule has 27 heavy (non-hydrogen) atoms. The van der Waals surface area contributed by atoms with Gasteiger partial charge in [0.15, 0.2) is 5.11 Å². The third kappa shape index (κ3) is 6.82. The summed E-state index contributed by atoms with van der Waals surface area (Å²) in [4.78, 5) is 28.0. The molecule has 0 atom stereocenters. The van der Waals surface area contributed by atoms with Crippen molar-refractivity contribution in [3.8, 4) is 0 Å². The van der Waals surface area contributed by atoms with Gasteiger partial charge in [-0.1, -0.05) is 20.8 Å². The lowest BCUT2D eigenvalue weighted by Gasteiger charge is -2.36. The molecule has 0 bridgehead atoms. The van der Waals surface area contributed by atoms with Gasteiger partial charge in [0.1, 0.15) is 0 Å². The first-order chi connectivity index (χ1) is 12.9. The van der Waals surface area contributed by atoms with Gasteiger partial charge in [-0.25, -0.2) is 0 Å². The Bertz CT molecular complexity index is 652. The molecule has 1 saturated heterocycles. The van der Waals surface area contributed by atoms with E-state index in [0.29, 0.717) is 23.9 Å². The summed E-state index contributed by atoms with van der Waals surface area (Å²) in [6, 6.07) is 7.96. The molecule has 6 nitrogen and oxygen atoms in total. The summed E-state index contributed by atoms with van der Waals surface area (Å²) >= 11 is 5.16. The monoisotopic (exact) mass is 390 g/mol. The number of nitrogens with zero attached hydrogens (tertiary/aromatic N) is 2. The molecule has 0 spiro atoms. The van der Waals surface area contributed by atoms with Crippen LogP contribution in [0.5, 0.6) is 0 Å². The summed E-state index contributed by atoms with van der Waals surface area (Å²) in [6.07, 6.45) is 1.88. The number of hydrogen-bond acceptors (Lipinski definition) is 4. The van der Waals surface area contributed by atoms with Crippen LogP contribution in [0.25, 0.3) is 0 Å². The summed E-state index contributed by atoms with van der Waals surface area (Å²) in [5, 5.41) is 6.02. The summed E-state index contributed by atoms with van der Waals surface area (Å²) < 4.78 is 0. The van der Waals surface area contributed by atoms with Gasteiger partial charge in [0.05, 0.1) is 0 Å². The fourth-order valence-electron chi connectivity index (χ4n) is 3.03. The molecule has 7 heteroatoms. The molecule has 0 aromatic heterocycles. The fourth-order valence-corrected chi connectivity index (χ4v) is 3.26. The number of hydrogen-bond donors (Lipinski definition) is 2. The molecular formula is C20H30N4O2S. The van der Waals surface area contributed by atoms with Gasteiger partial charge in [-0.15, -0.1) is 0 Å². The summed E-state index contributed by atoms with van der Waals surface area (Å²) in [5.74, 6) is 0.577. The van der Waals surface area contributed by atoms with Crippen LogP contribution in [0.15, 0.2) is 24.3 Å². The van der Waals surface area contributed by atoms with Gasteiger partial charge in [0.2, 0.25) is 11.8 Å². The van der Waals surface area contributed by atoms with E-state index < -0.39 is 0 Å². The normalized spacial score (nSPS) is 14.2. The molecule has 1 aromatic rings. The number of anilines is 2. The molecule has 2 N–H and O–H groups in total. The van der Waals surface area contributed by atoms with Crippen LogP contribution in [-0.4, -0.2) is 48.0 Å². The van der Waals surface area contributed by atoms with Gasteiger partial charge < -0.3 is 20.4 Å². The van der Waals surface area contributed by atoms with Crippen LogP contribution in [0.2, 0.25) is 0 Å². The standard InChI is InChI=1S/C20H30N4O2S/c1-4-5-18(25)22-20(27)21-16-6-8-17(9-7-16)23-10-12-24(13-11-23)19(26)14-15(2)3/h6-9,15H,4-5,10-14H2,1-3H3,(H2,21,22,25,27). The highest BCUT2D eigenvalue weighted by Crippen LogP contribution is 2.20. The molecule has 2 amide bonds. The minimum absolute atomic E-state index is 0.0727. The van der Waals surface area contributed by atoms with Crippen LogP contribution in [-0.2, 0) is 9.59 Å². The zero-order valence-corrected chi connectivity index (χ0v) is 17.3. The number of carbonyl (C=O) groups is 2. The highest BCUT2D eigenvalue weighted by Gasteiger charge is 2.21. The number of carbonyl (C=O) groups excluding carboxylic acids is 2. The molecule has 0 aliphatic carbocycles. The number of rotatable bonds is 6. The van der Waals surface area contributed by atoms with Gasteiger partial charge in [-0.05, 0) is 48.8 Å². The maximum absolute atomic E-state index is 12.2. The van der Waals surface area contributed by atoms with E-state index in [2.05, 4.69) is 29.4 Å². The number of nitrogens with one attached hydrogen (secondary N) is 2. The average Bonchev–Trinajstić information content (AvgIpc) is 2.62. The zero-order valence-electron chi connectivity index (χ0n) is 16.5. The molecule has 2 rings (SSSR count). The second kappa shape index (κ2) is 10.3. The van der Waals surface area contributed by atoms with Crippen molar-refractivity contribution < 1.29 is 9.59 Å². The van der Waals surface area contributed by atoms with Gasteiger partial charge in [-0.3, -0.25) is 9.59 Å². The van der Waals surface area contributed by atoms with E-state index in [0.717, 1.165) is 44.0 Å². The predicted molar refractivity (Wildman–Crippen MR) is 114 cm³/mol. The van der Waals surface area contributed by atoms with E-state index in [-0.39, 0.29) is 11.8 Å². The Balaban J connectivity index is 1.83. The van der Waals surface area contributed by atoms with Crippen molar-refractivity contribution >= 4 is 40.5 Å². The molecule has 148 valence electrons. The summed E-state index contributed by atoms with van der Waals surface area (Å²) in [6.45, 7) is 9.30. The maximum atomic E-state index is 12.2. The molecule has 1 aliphatic rings. The molecule has 1 fully saturated rings. The Kier molecular flexibility index (Phi) is 8.03. The van der Waals surface area contributed by atoms with Gasteiger partial charge >= 0.3 is 0 Å². The lowest BCUT2D eigenvalue weighted by molar-refractivity contribution is -0.132.